The first kappa shape index (κ1) is 23.8. The number of rotatable bonds is 6. The molecule has 2 fully saturated rings. The largest absolute Gasteiger partial charge is 0.378 e. The molecular formula is C28H30N4O4. The number of urea groups is 1. The van der Waals surface area contributed by atoms with Crippen LogP contribution in [0.25, 0.3) is 10.8 Å². The molecular weight excluding hydrogens is 456 g/mol. The van der Waals surface area contributed by atoms with Gasteiger partial charge in [-0.25, -0.2) is 4.79 Å². The van der Waals surface area contributed by atoms with Gasteiger partial charge in [0.05, 0.1) is 13.2 Å². The number of carbonyl (C=O) groups is 3. The van der Waals surface area contributed by atoms with Gasteiger partial charge < -0.3 is 19.9 Å². The molecule has 0 spiro atoms. The molecule has 2 heterocycles. The maximum Gasteiger partial charge on any atom is 0.325 e. The number of nitrogens with one attached hydrogen (secondary N) is 1. The van der Waals surface area contributed by atoms with Crippen LogP contribution in [0, 0.1) is 0 Å². The fourth-order valence-electron chi connectivity index (χ4n) is 4.79. The quantitative estimate of drug-likeness (QED) is 0.542. The third kappa shape index (κ3) is 4.52. The molecule has 2 aliphatic heterocycles. The second-order valence-corrected chi connectivity index (χ2v) is 9.52. The van der Waals surface area contributed by atoms with Crippen molar-refractivity contribution in [3.05, 3.63) is 77.9 Å². The van der Waals surface area contributed by atoms with Crippen LogP contribution in [-0.4, -0.2) is 67.5 Å². The topological polar surface area (TPSA) is 82.2 Å². The minimum atomic E-state index is -1.23. The van der Waals surface area contributed by atoms with E-state index in [-0.39, 0.29) is 12.5 Å². The summed E-state index contributed by atoms with van der Waals surface area (Å²) in [5, 5.41) is 4.82. The molecule has 8 nitrogen and oxygen atoms in total. The molecule has 2 aliphatic rings. The number of anilines is 1. The van der Waals surface area contributed by atoms with Crippen molar-refractivity contribution in [2.75, 3.05) is 44.8 Å². The number of amides is 4. The van der Waals surface area contributed by atoms with E-state index in [1.807, 2.05) is 66.7 Å². The van der Waals surface area contributed by atoms with E-state index in [1.54, 1.807) is 14.0 Å². The van der Waals surface area contributed by atoms with Gasteiger partial charge in [0.1, 0.15) is 12.1 Å². The molecule has 36 heavy (non-hydrogen) atoms. The second kappa shape index (κ2) is 9.62. The zero-order chi connectivity index (χ0) is 25.3. The van der Waals surface area contributed by atoms with Crippen LogP contribution in [0.5, 0.6) is 0 Å². The van der Waals surface area contributed by atoms with E-state index in [9.17, 15) is 14.4 Å². The molecule has 3 aromatic rings. The molecule has 3 aromatic carbocycles. The predicted molar refractivity (Wildman–Crippen MR) is 137 cm³/mol. The summed E-state index contributed by atoms with van der Waals surface area (Å²) in [5.74, 6) is -0.738. The molecule has 4 amide bonds. The number of ether oxygens (including phenoxy) is 1. The Morgan fingerprint density at radius 3 is 2.42 bits per heavy atom. The van der Waals surface area contributed by atoms with Gasteiger partial charge in [-0.1, -0.05) is 48.5 Å². The second-order valence-electron chi connectivity index (χ2n) is 9.52. The molecule has 1 unspecified atom stereocenters. The summed E-state index contributed by atoms with van der Waals surface area (Å²) < 4.78 is 5.41. The normalized spacial score (nSPS) is 20.1. The van der Waals surface area contributed by atoms with Gasteiger partial charge in [-0.2, -0.15) is 0 Å². The maximum absolute atomic E-state index is 13.3. The van der Waals surface area contributed by atoms with Crippen LogP contribution in [0.3, 0.4) is 0 Å². The Bertz CT molecular complexity index is 1300. The maximum atomic E-state index is 13.3. The van der Waals surface area contributed by atoms with Crippen LogP contribution in [0.15, 0.2) is 66.7 Å². The van der Waals surface area contributed by atoms with Crippen LogP contribution in [0.4, 0.5) is 10.5 Å². The molecule has 8 heteroatoms. The Hall–Kier alpha value is -3.91. The van der Waals surface area contributed by atoms with Gasteiger partial charge in [0, 0.05) is 32.4 Å². The van der Waals surface area contributed by atoms with Crippen molar-refractivity contribution in [2.24, 2.45) is 0 Å². The molecule has 0 saturated carbocycles. The molecule has 0 aliphatic carbocycles. The lowest BCUT2D eigenvalue weighted by molar-refractivity contribution is -0.138. The van der Waals surface area contributed by atoms with Crippen molar-refractivity contribution in [3.63, 3.8) is 0 Å². The van der Waals surface area contributed by atoms with Gasteiger partial charge in [-0.3, -0.25) is 14.5 Å². The molecule has 0 aromatic heterocycles. The zero-order valence-corrected chi connectivity index (χ0v) is 20.6. The van der Waals surface area contributed by atoms with Crippen molar-refractivity contribution in [1.29, 1.82) is 0 Å². The molecule has 2 saturated heterocycles. The Labute approximate surface area is 210 Å². The summed E-state index contributed by atoms with van der Waals surface area (Å²) >= 11 is 0. The number of fused-ring (bicyclic) bond motifs is 1. The lowest BCUT2D eigenvalue weighted by Crippen LogP contribution is -2.43. The van der Waals surface area contributed by atoms with Gasteiger partial charge in [0.25, 0.3) is 5.91 Å². The van der Waals surface area contributed by atoms with Crippen molar-refractivity contribution >= 4 is 34.3 Å². The summed E-state index contributed by atoms with van der Waals surface area (Å²) in [6, 6.07) is 21.1. The van der Waals surface area contributed by atoms with E-state index < -0.39 is 17.5 Å². The van der Waals surface area contributed by atoms with Gasteiger partial charge >= 0.3 is 6.03 Å². The molecule has 0 bridgehead atoms. The standard InChI is InChI=1S/C28H30N4O4/c1-28(23-10-9-21-5-3-4-6-22(21)17-23)26(34)32(27(35)29-28)19-25(33)30(2)18-20-7-11-24(12-8-20)31-13-15-36-16-14-31/h3-12,17H,13-16,18-19H2,1-2H3,(H,29,35). The zero-order valence-electron chi connectivity index (χ0n) is 20.6. The number of nitrogens with zero attached hydrogens (tertiary/aromatic N) is 3. The smallest absolute Gasteiger partial charge is 0.325 e. The summed E-state index contributed by atoms with van der Waals surface area (Å²) in [7, 11) is 1.68. The first-order valence-electron chi connectivity index (χ1n) is 12.1. The number of morpholine rings is 1. The van der Waals surface area contributed by atoms with Crippen molar-refractivity contribution in [2.45, 2.75) is 19.0 Å². The highest BCUT2D eigenvalue weighted by molar-refractivity contribution is 6.09. The number of carbonyl (C=O) groups excluding carboxylic acids is 3. The highest BCUT2D eigenvalue weighted by atomic mass is 16.5. The van der Waals surface area contributed by atoms with E-state index in [0.29, 0.717) is 12.1 Å². The predicted octanol–water partition coefficient (Wildman–Crippen LogP) is 3.10. The van der Waals surface area contributed by atoms with Crippen LogP contribution in [0.1, 0.15) is 18.1 Å². The number of hydrogen-bond acceptors (Lipinski definition) is 5. The summed E-state index contributed by atoms with van der Waals surface area (Å²) in [5.41, 5.74) is 1.56. The number of benzene rings is 3. The Morgan fingerprint density at radius 1 is 1.00 bits per heavy atom. The Balaban J connectivity index is 1.24. The van der Waals surface area contributed by atoms with Gasteiger partial charge in [0.2, 0.25) is 5.91 Å². The first-order valence-corrected chi connectivity index (χ1v) is 12.1. The third-order valence-electron chi connectivity index (χ3n) is 7.05. The highest BCUT2D eigenvalue weighted by Crippen LogP contribution is 2.31. The number of hydrogen-bond donors (Lipinski definition) is 1. The lowest BCUT2D eigenvalue weighted by Gasteiger charge is -2.29. The number of imide groups is 1. The van der Waals surface area contributed by atoms with Crippen LogP contribution >= 0.6 is 0 Å². The van der Waals surface area contributed by atoms with Crippen LogP contribution in [0.2, 0.25) is 0 Å². The van der Waals surface area contributed by atoms with E-state index in [0.717, 1.165) is 53.2 Å². The van der Waals surface area contributed by atoms with Crippen LogP contribution in [-0.2, 0) is 26.4 Å². The fourth-order valence-corrected chi connectivity index (χ4v) is 4.79. The van der Waals surface area contributed by atoms with Crippen LogP contribution < -0.4 is 10.2 Å². The molecule has 1 N–H and O–H groups in total. The summed E-state index contributed by atoms with van der Waals surface area (Å²) in [6.45, 7) is 4.93. The first-order chi connectivity index (χ1) is 17.3. The average molecular weight is 487 g/mol. The minimum Gasteiger partial charge on any atom is -0.378 e. The van der Waals surface area contributed by atoms with E-state index >= 15 is 0 Å². The van der Waals surface area contributed by atoms with E-state index in [1.165, 1.54) is 4.90 Å². The minimum absolute atomic E-state index is 0.307. The van der Waals surface area contributed by atoms with Crippen molar-refractivity contribution < 1.29 is 19.1 Å². The Kier molecular flexibility index (Phi) is 6.36. The average Bonchev–Trinajstić information content (AvgIpc) is 3.13. The van der Waals surface area contributed by atoms with Crippen molar-refractivity contribution in [3.8, 4) is 0 Å². The Morgan fingerprint density at radius 2 is 1.69 bits per heavy atom. The molecule has 1 atom stereocenters. The third-order valence-corrected chi connectivity index (χ3v) is 7.05. The molecule has 186 valence electrons. The van der Waals surface area contributed by atoms with Gasteiger partial charge in [-0.15, -0.1) is 0 Å². The highest BCUT2D eigenvalue weighted by Gasteiger charge is 2.49. The monoisotopic (exact) mass is 486 g/mol. The number of likely N-dealkylation sites (N-methyl/N-ethyl adjacent to an activating group) is 1. The van der Waals surface area contributed by atoms with Crippen molar-refractivity contribution in [1.82, 2.24) is 15.1 Å². The lowest BCUT2D eigenvalue weighted by atomic mass is 9.90. The summed E-state index contributed by atoms with van der Waals surface area (Å²) in [4.78, 5) is 43.9. The SMILES string of the molecule is CN(Cc1ccc(N2CCOCC2)cc1)C(=O)CN1C(=O)NC(C)(c2ccc3ccccc3c2)C1=O. The summed E-state index contributed by atoms with van der Waals surface area (Å²) in [6.07, 6.45) is 0. The van der Waals surface area contributed by atoms with E-state index in [4.69, 9.17) is 4.74 Å². The van der Waals surface area contributed by atoms with Gasteiger partial charge in [0.15, 0.2) is 0 Å². The van der Waals surface area contributed by atoms with E-state index in [2.05, 4.69) is 10.2 Å². The molecule has 5 rings (SSSR count). The molecule has 0 radical (unpaired) electrons. The fraction of sp³-hybridized carbons (Fsp3) is 0.321. The van der Waals surface area contributed by atoms with Gasteiger partial charge in [-0.05, 0) is 47.0 Å².